The van der Waals surface area contributed by atoms with E-state index in [4.69, 9.17) is 12.2 Å². The van der Waals surface area contributed by atoms with Crippen LogP contribution in [0.5, 0.6) is 0 Å². The SMILES string of the molecule is CNC(=S)c1cnc([Si](C)(C)C)cn1. The summed E-state index contributed by atoms with van der Waals surface area (Å²) in [5.74, 6) is 0. The van der Waals surface area contributed by atoms with E-state index in [1.54, 1.807) is 13.2 Å². The smallest absolute Gasteiger partial charge is 0.126 e. The largest absolute Gasteiger partial charge is 0.378 e. The molecule has 0 aromatic carbocycles. The molecule has 0 saturated heterocycles. The van der Waals surface area contributed by atoms with Crippen molar-refractivity contribution in [2.24, 2.45) is 0 Å². The van der Waals surface area contributed by atoms with Crippen LogP contribution in [0.4, 0.5) is 0 Å². The number of aromatic nitrogens is 2. The molecule has 0 spiro atoms. The van der Waals surface area contributed by atoms with E-state index in [-0.39, 0.29) is 0 Å². The second-order valence-corrected chi connectivity index (χ2v) is 9.54. The molecule has 5 heteroatoms. The average Bonchev–Trinajstić information content (AvgIpc) is 2.15. The van der Waals surface area contributed by atoms with Crippen LogP contribution in [-0.2, 0) is 0 Å². The van der Waals surface area contributed by atoms with E-state index in [1.807, 2.05) is 6.20 Å². The van der Waals surface area contributed by atoms with E-state index in [1.165, 1.54) is 0 Å². The molecular weight excluding hydrogens is 210 g/mol. The molecule has 0 aliphatic carbocycles. The van der Waals surface area contributed by atoms with Crippen LogP contribution in [-0.4, -0.2) is 30.1 Å². The number of rotatable bonds is 2. The van der Waals surface area contributed by atoms with E-state index in [2.05, 4.69) is 34.9 Å². The monoisotopic (exact) mass is 225 g/mol. The quantitative estimate of drug-likeness (QED) is 0.600. The number of hydrogen-bond donors (Lipinski definition) is 1. The number of thiocarbonyl (C=S) groups is 1. The third kappa shape index (κ3) is 2.59. The van der Waals surface area contributed by atoms with Crippen LogP contribution in [0, 0.1) is 0 Å². The molecule has 1 heterocycles. The van der Waals surface area contributed by atoms with Crippen LogP contribution in [0.2, 0.25) is 19.6 Å². The Labute approximate surface area is 91.0 Å². The van der Waals surface area contributed by atoms with Gasteiger partial charge in [-0.15, -0.1) is 0 Å². The molecule has 14 heavy (non-hydrogen) atoms. The molecule has 1 rings (SSSR count). The Morgan fingerprint density at radius 2 is 1.93 bits per heavy atom. The predicted octanol–water partition coefficient (Wildman–Crippen LogP) is 0.917. The van der Waals surface area contributed by atoms with Crippen molar-refractivity contribution < 1.29 is 0 Å². The molecule has 0 fully saturated rings. The average molecular weight is 225 g/mol. The lowest BCUT2D eigenvalue weighted by molar-refractivity contribution is 1.14. The summed E-state index contributed by atoms with van der Waals surface area (Å²) in [5, 5.41) is 3.99. The van der Waals surface area contributed by atoms with Gasteiger partial charge in [-0.1, -0.05) is 31.9 Å². The third-order valence-electron chi connectivity index (χ3n) is 1.88. The van der Waals surface area contributed by atoms with Gasteiger partial charge in [0.2, 0.25) is 0 Å². The fourth-order valence-corrected chi connectivity index (χ4v) is 1.97. The fraction of sp³-hybridized carbons (Fsp3) is 0.444. The number of nitrogens with zero attached hydrogens (tertiary/aromatic N) is 2. The highest BCUT2D eigenvalue weighted by molar-refractivity contribution is 7.80. The first-order chi connectivity index (χ1) is 6.45. The second-order valence-electron chi connectivity index (χ2n) is 4.12. The summed E-state index contributed by atoms with van der Waals surface area (Å²) >= 11 is 5.06. The van der Waals surface area contributed by atoms with Crippen molar-refractivity contribution >= 4 is 30.6 Å². The summed E-state index contributed by atoms with van der Waals surface area (Å²) in [6.07, 6.45) is 3.58. The molecule has 1 aromatic heterocycles. The van der Waals surface area contributed by atoms with Crippen LogP contribution < -0.4 is 10.6 Å². The lowest BCUT2D eigenvalue weighted by Crippen LogP contribution is -2.40. The van der Waals surface area contributed by atoms with Gasteiger partial charge < -0.3 is 5.32 Å². The van der Waals surface area contributed by atoms with E-state index >= 15 is 0 Å². The Morgan fingerprint density at radius 3 is 2.29 bits per heavy atom. The molecule has 0 atom stereocenters. The van der Waals surface area contributed by atoms with E-state index in [0.717, 1.165) is 11.0 Å². The van der Waals surface area contributed by atoms with Crippen molar-refractivity contribution in [1.82, 2.24) is 15.3 Å². The predicted molar refractivity (Wildman–Crippen MR) is 65.8 cm³/mol. The van der Waals surface area contributed by atoms with Crippen molar-refractivity contribution in [3.8, 4) is 0 Å². The van der Waals surface area contributed by atoms with E-state index in [9.17, 15) is 0 Å². The zero-order chi connectivity index (χ0) is 10.8. The molecule has 3 nitrogen and oxygen atoms in total. The van der Waals surface area contributed by atoms with E-state index < -0.39 is 8.07 Å². The normalized spacial score (nSPS) is 11.1. The van der Waals surface area contributed by atoms with Gasteiger partial charge in [-0.2, -0.15) is 0 Å². The maximum Gasteiger partial charge on any atom is 0.126 e. The van der Waals surface area contributed by atoms with Gasteiger partial charge in [-0.05, 0) is 0 Å². The van der Waals surface area contributed by atoms with Crippen molar-refractivity contribution in [3.63, 3.8) is 0 Å². The Morgan fingerprint density at radius 1 is 1.29 bits per heavy atom. The van der Waals surface area contributed by atoms with Crippen molar-refractivity contribution in [1.29, 1.82) is 0 Å². The highest BCUT2D eigenvalue weighted by Gasteiger charge is 2.18. The molecular formula is C9H15N3SSi. The van der Waals surface area contributed by atoms with Crippen LogP contribution in [0.15, 0.2) is 12.4 Å². The molecule has 0 amide bonds. The first-order valence-electron chi connectivity index (χ1n) is 4.50. The van der Waals surface area contributed by atoms with Gasteiger partial charge in [0.15, 0.2) is 0 Å². The lowest BCUT2D eigenvalue weighted by atomic mass is 10.4. The van der Waals surface area contributed by atoms with Gasteiger partial charge in [-0.25, -0.2) is 0 Å². The van der Waals surface area contributed by atoms with Gasteiger partial charge in [0, 0.05) is 18.6 Å². The topological polar surface area (TPSA) is 37.8 Å². The molecule has 0 saturated carbocycles. The van der Waals surface area contributed by atoms with Gasteiger partial charge >= 0.3 is 0 Å². The summed E-state index contributed by atoms with van der Waals surface area (Å²) in [7, 11) is 0.450. The second kappa shape index (κ2) is 4.14. The molecule has 1 N–H and O–H groups in total. The first-order valence-corrected chi connectivity index (χ1v) is 8.40. The van der Waals surface area contributed by atoms with Crippen LogP contribution in [0.25, 0.3) is 0 Å². The van der Waals surface area contributed by atoms with Gasteiger partial charge in [0.25, 0.3) is 0 Å². The minimum absolute atomic E-state index is 0.639. The minimum Gasteiger partial charge on any atom is -0.378 e. The Kier molecular flexibility index (Phi) is 3.33. The van der Waals surface area contributed by atoms with Crippen LogP contribution in [0.3, 0.4) is 0 Å². The number of nitrogens with one attached hydrogen (secondary N) is 1. The van der Waals surface area contributed by atoms with Gasteiger partial charge in [0.1, 0.15) is 18.8 Å². The standard InChI is InChI=1S/C9H15N3SSi/c1-10-9(13)7-5-12-8(6-11-7)14(2,3)4/h5-6H,1-4H3,(H,10,13). The summed E-state index contributed by atoms with van der Waals surface area (Å²) in [6, 6.07) is 0. The number of hydrogen-bond acceptors (Lipinski definition) is 3. The zero-order valence-corrected chi connectivity index (χ0v) is 10.8. The Bertz CT molecular complexity index is 329. The fourth-order valence-electron chi connectivity index (χ4n) is 0.961. The van der Waals surface area contributed by atoms with Crippen molar-refractivity contribution in [3.05, 3.63) is 18.1 Å². The maximum absolute atomic E-state index is 5.06. The van der Waals surface area contributed by atoms with Crippen LogP contribution >= 0.6 is 12.2 Å². The Balaban J connectivity index is 2.95. The third-order valence-corrected chi connectivity index (χ3v) is 4.09. The molecule has 76 valence electrons. The molecule has 0 radical (unpaired) electrons. The summed E-state index contributed by atoms with van der Waals surface area (Å²) < 4.78 is 0. The highest BCUT2D eigenvalue weighted by atomic mass is 32.1. The molecule has 1 aromatic rings. The van der Waals surface area contributed by atoms with Crippen LogP contribution in [0.1, 0.15) is 5.69 Å². The summed E-state index contributed by atoms with van der Waals surface area (Å²) in [5.41, 5.74) is 0.740. The summed E-state index contributed by atoms with van der Waals surface area (Å²) in [6.45, 7) is 6.73. The van der Waals surface area contributed by atoms with E-state index in [0.29, 0.717) is 4.99 Å². The van der Waals surface area contributed by atoms with Gasteiger partial charge in [0.05, 0.1) is 6.20 Å². The van der Waals surface area contributed by atoms with Crippen molar-refractivity contribution in [2.45, 2.75) is 19.6 Å². The molecule has 0 bridgehead atoms. The highest BCUT2D eigenvalue weighted by Crippen LogP contribution is 1.99. The zero-order valence-electron chi connectivity index (χ0n) is 8.96. The first kappa shape index (κ1) is 11.3. The summed E-state index contributed by atoms with van der Waals surface area (Å²) in [4.78, 5) is 9.31. The van der Waals surface area contributed by atoms with Crippen molar-refractivity contribution in [2.75, 3.05) is 7.05 Å². The molecule has 0 unspecified atom stereocenters. The lowest BCUT2D eigenvalue weighted by Gasteiger charge is -2.14. The maximum atomic E-state index is 5.06. The molecule has 0 aliphatic rings. The minimum atomic E-state index is -1.34. The Hall–Kier alpha value is -0.813. The molecule has 0 aliphatic heterocycles. The van der Waals surface area contributed by atoms with Gasteiger partial charge in [-0.3, -0.25) is 9.97 Å².